The molecule has 2 N–H and O–H groups in total. The second kappa shape index (κ2) is 7.12. The summed E-state index contributed by atoms with van der Waals surface area (Å²) in [5.41, 5.74) is 5.06. The second-order valence-electron chi connectivity index (χ2n) is 5.73. The molecule has 2 aromatic carbocycles. The van der Waals surface area contributed by atoms with Crippen LogP contribution in [0.15, 0.2) is 53.3 Å². The molecule has 10 heteroatoms. The van der Waals surface area contributed by atoms with Crippen LogP contribution in [-0.2, 0) is 18.4 Å². The van der Waals surface area contributed by atoms with Crippen molar-refractivity contribution >= 4 is 28.5 Å². The highest BCUT2D eigenvalue weighted by molar-refractivity contribution is 5.96. The molecule has 0 aliphatic heterocycles. The maximum Gasteiger partial charge on any atom is 0.329 e. The Morgan fingerprint density at radius 2 is 1.78 bits per heavy atom. The van der Waals surface area contributed by atoms with Crippen molar-refractivity contribution < 1.29 is 14.5 Å². The molecule has 3 rings (SSSR count). The first kappa shape index (κ1) is 17.9. The predicted molar refractivity (Wildman–Crippen MR) is 95.9 cm³/mol. The minimum atomic E-state index is -0.711. The van der Waals surface area contributed by atoms with E-state index in [1.165, 1.54) is 27.3 Å². The van der Waals surface area contributed by atoms with Crippen LogP contribution in [0.25, 0.3) is 11.0 Å². The van der Waals surface area contributed by atoms with Gasteiger partial charge < -0.3 is 0 Å². The normalized spacial score (nSPS) is 10.6. The van der Waals surface area contributed by atoms with Gasteiger partial charge in [0.1, 0.15) is 6.54 Å². The molecule has 0 fully saturated rings. The molecule has 27 heavy (non-hydrogen) atoms. The lowest BCUT2D eigenvalue weighted by Crippen LogP contribution is -2.44. The van der Waals surface area contributed by atoms with Crippen LogP contribution in [0.5, 0.6) is 0 Å². The van der Waals surface area contributed by atoms with Crippen molar-refractivity contribution in [3.8, 4) is 0 Å². The van der Waals surface area contributed by atoms with Crippen LogP contribution in [0.1, 0.15) is 10.4 Å². The van der Waals surface area contributed by atoms with Gasteiger partial charge >= 0.3 is 5.69 Å². The molecule has 138 valence electrons. The number of carbonyl (C=O) groups is 2. The standard InChI is InChI=1S/C17H15N5O5/c1-20-13-7-2-3-8-14(13)21(17(20)25)10-15(23)18-19-16(24)11-5-4-6-12(9-11)22(26)27/h2-9H,10H2,1H3,(H,18,23)(H,19,24). The van der Waals surface area contributed by atoms with Gasteiger partial charge in [0.05, 0.1) is 16.0 Å². The third-order valence-corrected chi connectivity index (χ3v) is 3.99. The van der Waals surface area contributed by atoms with Crippen LogP contribution in [0, 0.1) is 10.1 Å². The van der Waals surface area contributed by atoms with Gasteiger partial charge in [0, 0.05) is 24.7 Å². The summed E-state index contributed by atoms with van der Waals surface area (Å²) in [6.45, 7) is -0.296. The monoisotopic (exact) mass is 369 g/mol. The average Bonchev–Trinajstić information content (AvgIpc) is 2.91. The lowest BCUT2D eigenvalue weighted by atomic mass is 10.2. The first-order valence-corrected chi connectivity index (χ1v) is 7.86. The van der Waals surface area contributed by atoms with E-state index in [-0.39, 0.29) is 23.5 Å². The number of nitrogens with one attached hydrogen (secondary N) is 2. The Morgan fingerprint density at radius 1 is 1.07 bits per heavy atom. The summed E-state index contributed by atoms with van der Waals surface area (Å²) in [6.07, 6.45) is 0. The van der Waals surface area contributed by atoms with E-state index in [9.17, 15) is 24.5 Å². The van der Waals surface area contributed by atoms with Gasteiger partial charge in [-0.15, -0.1) is 0 Å². The Balaban J connectivity index is 1.70. The number of hydrogen-bond donors (Lipinski definition) is 2. The van der Waals surface area contributed by atoms with Crippen LogP contribution in [0.2, 0.25) is 0 Å². The number of amides is 2. The van der Waals surface area contributed by atoms with Crippen LogP contribution >= 0.6 is 0 Å². The number of carbonyl (C=O) groups excluding carboxylic acids is 2. The van der Waals surface area contributed by atoms with Gasteiger partial charge in [-0.1, -0.05) is 18.2 Å². The number of para-hydroxylation sites is 2. The number of nitro benzene ring substituents is 1. The second-order valence-corrected chi connectivity index (χ2v) is 5.73. The zero-order valence-corrected chi connectivity index (χ0v) is 14.2. The zero-order valence-electron chi connectivity index (χ0n) is 14.2. The Bertz CT molecular complexity index is 1110. The van der Waals surface area contributed by atoms with E-state index in [0.29, 0.717) is 11.0 Å². The quantitative estimate of drug-likeness (QED) is 0.517. The Kier molecular flexibility index (Phi) is 4.71. The maximum absolute atomic E-state index is 12.3. The topological polar surface area (TPSA) is 128 Å². The Hall–Kier alpha value is -3.95. The van der Waals surface area contributed by atoms with Crippen LogP contribution in [0.3, 0.4) is 0 Å². The fourth-order valence-corrected chi connectivity index (χ4v) is 2.66. The molecule has 0 atom stereocenters. The highest BCUT2D eigenvalue weighted by Gasteiger charge is 2.15. The molecule has 0 aliphatic carbocycles. The number of aryl methyl sites for hydroxylation is 1. The molecule has 0 bridgehead atoms. The summed E-state index contributed by atoms with van der Waals surface area (Å²) in [7, 11) is 1.60. The Labute approximate surface area is 152 Å². The molecule has 0 radical (unpaired) electrons. The van der Waals surface area contributed by atoms with Gasteiger partial charge in [-0.25, -0.2) is 4.79 Å². The number of hydrazine groups is 1. The number of benzene rings is 2. The fourth-order valence-electron chi connectivity index (χ4n) is 2.66. The fraction of sp³-hybridized carbons (Fsp3) is 0.118. The molecule has 0 saturated heterocycles. The number of hydrogen-bond acceptors (Lipinski definition) is 5. The summed E-state index contributed by atoms with van der Waals surface area (Å²) in [4.78, 5) is 46.6. The molecule has 3 aromatic rings. The zero-order chi connectivity index (χ0) is 19.6. The van der Waals surface area contributed by atoms with E-state index >= 15 is 0 Å². The minimum Gasteiger partial charge on any atom is -0.295 e. The molecule has 0 saturated carbocycles. The number of nitrogens with zero attached hydrogens (tertiary/aromatic N) is 3. The van der Waals surface area contributed by atoms with Crippen molar-refractivity contribution in [3.05, 3.63) is 74.7 Å². The van der Waals surface area contributed by atoms with Crippen molar-refractivity contribution in [2.45, 2.75) is 6.54 Å². The number of imidazole rings is 1. The highest BCUT2D eigenvalue weighted by atomic mass is 16.6. The summed E-state index contributed by atoms with van der Waals surface area (Å²) < 4.78 is 2.70. The number of nitro groups is 1. The van der Waals surface area contributed by atoms with Crippen LogP contribution in [0.4, 0.5) is 5.69 Å². The average molecular weight is 369 g/mol. The maximum atomic E-state index is 12.3. The third kappa shape index (κ3) is 3.54. The van der Waals surface area contributed by atoms with Gasteiger partial charge in [-0.2, -0.15) is 0 Å². The van der Waals surface area contributed by atoms with E-state index in [1.807, 2.05) is 0 Å². The molecule has 10 nitrogen and oxygen atoms in total. The molecule has 2 amide bonds. The number of non-ortho nitro benzene ring substituents is 1. The van der Waals surface area contributed by atoms with E-state index < -0.39 is 16.7 Å². The third-order valence-electron chi connectivity index (χ3n) is 3.99. The predicted octanol–water partition coefficient (Wildman–Crippen LogP) is 0.709. The number of rotatable bonds is 4. The number of aromatic nitrogens is 2. The van der Waals surface area contributed by atoms with Crippen LogP contribution in [-0.4, -0.2) is 25.9 Å². The van der Waals surface area contributed by atoms with E-state index in [1.54, 1.807) is 31.3 Å². The summed E-state index contributed by atoms with van der Waals surface area (Å²) >= 11 is 0. The lowest BCUT2D eigenvalue weighted by molar-refractivity contribution is -0.384. The van der Waals surface area contributed by atoms with Crippen molar-refractivity contribution in [3.63, 3.8) is 0 Å². The summed E-state index contributed by atoms with van der Waals surface area (Å²) in [5.74, 6) is -1.33. The molecule has 0 spiro atoms. The smallest absolute Gasteiger partial charge is 0.295 e. The first-order valence-electron chi connectivity index (χ1n) is 7.86. The van der Waals surface area contributed by atoms with E-state index in [4.69, 9.17) is 0 Å². The van der Waals surface area contributed by atoms with Gasteiger partial charge in [0.25, 0.3) is 17.5 Å². The molecular weight excluding hydrogens is 354 g/mol. The molecule has 1 heterocycles. The highest BCUT2D eigenvalue weighted by Crippen LogP contribution is 2.13. The summed E-state index contributed by atoms with van der Waals surface area (Å²) in [6, 6.07) is 12.1. The van der Waals surface area contributed by atoms with Crippen molar-refractivity contribution in [1.29, 1.82) is 0 Å². The van der Waals surface area contributed by atoms with Crippen molar-refractivity contribution in [1.82, 2.24) is 20.0 Å². The van der Waals surface area contributed by atoms with Crippen molar-refractivity contribution in [2.24, 2.45) is 7.05 Å². The van der Waals surface area contributed by atoms with Gasteiger partial charge in [0.2, 0.25) is 0 Å². The molecule has 0 unspecified atom stereocenters. The minimum absolute atomic E-state index is 0.0202. The largest absolute Gasteiger partial charge is 0.329 e. The lowest BCUT2D eigenvalue weighted by Gasteiger charge is -2.08. The van der Waals surface area contributed by atoms with Gasteiger partial charge in [-0.05, 0) is 18.2 Å². The Morgan fingerprint density at radius 3 is 2.48 bits per heavy atom. The number of fused-ring (bicyclic) bond motifs is 1. The first-order chi connectivity index (χ1) is 12.9. The molecule has 0 aliphatic rings. The molecular formula is C17H15N5O5. The van der Waals surface area contributed by atoms with E-state index in [0.717, 1.165) is 6.07 Å². The SMILES string of the molecule is Cn1c(=O)n(CC(=O)NNC(=O)c2cccc([N+](=O)[O-])c2)c2ccccc21. The van der Waals surface area contributed by atoms with Crippen molar-refractivity contribution in [2.75, 3.05) is 0 Å². The van der Waals surface area contributed by atoms with E-state index in [2.05, 4.69) is 10.9 Å². The van der Waals surface area contributed by atoms with Gasteiger partial charge in [0.15, 0.2) is 0 Å². The molecule has 1 aromatic heterocycles. The van der Waals surface area contributed by atoms with Crippen LogP contribution < -0.4 is 16.5 Å². The summed E-state index contributed by atoms with van der Waals surface area (Å²) in [5, 5.41) is 10.8. The van der Waals surface area contributed by atoms with Gasteiger partial charge in [-0.3, -0.25) is 39.7 Å².